The van der Waals surface area contributed by atoms with Gasteiger partial charge >= 0.3 is 6.61 Å². The summed E-state index contributed by atoms with van der Waals surface area (Å²) in [7, 11) is 1.58. The minimum atomic E-state index is -2.87. The van der Waals surface area contributed by atoms with Crippen LogP contribution in [0.15, 0.2) is 53.4 Å². The van der Waals surface area contributed by atoms with Crippen molar-refractivity contribution in [3.63, 3.8) is 0 Å². The number of carbonyl (C=O) groups excluding carboxylic acids is 1. The lowest BCUT2D eigenvalue weighted by Gasteiger charge is -2.13. The number of thioether (sulfide) groups is 1. The number of anilines is 1. The van der Waals surface area contributed by atoms with E-state index >= 15 is 0 Å². The molecule has 1 amide bonds. The molecule has 2 rings (SSSR count). The van der Waals surface area contributed by atoms with Gasteiger partial charge in [0, 0.05) is 10.6 Å². The molecule has 0 saturated carbocycles. The van der Waals surface area contributed by atoms with Gasteiger partial charge in [-0.25, -0.2) is 0 Å². The maximum absolute atomic E-state index is 12.2. The van der Waals surface area contributed by atoms with Crippen molar-refractivity contribution in [1.29, 1.82) is 0 Å². The average Bonchev–Trinajstić information content (AvgIpc) is 2.56. The van der Waals surface area contributed by atoms with Crippen LogP contribution in [-0.4, -0.2) is 24.9 Å². The molecule has 2 aromatic carbocycles. The third kappa shape index (κ3) is 5.42. The van der Waals surface area contributed by atoms with E-state index in [-0.39, 0.29) is 16.9 Å². The Morgan fingerprint density at radius 1 is 1.12 bits per heavy atom. The Labute approximate surface area is 143 Å². The summed E-state index contributed by atoms with van der Waals surface area (Å²) in [5, 5.41) is 2.40. The maximum Gasteiger partial charge on any atom is 0.387 e. The van der Waals surface area contributed by atoms with Gasteiger partial charge in [-0.05, 0) is 49.4 Å². The summed E-state index contributed by atoms with van der Waals surface area (Å²) < 4.78 is 33.6. The Bertz CT molecular complexity index is 680. The number of carbonyl (C=O) groups is 1. The molecule has 1 unspecified atom stereocenters. The molecule has 4 nitrogen and oxygen atoms in total. The topological polar surface area (TPSA) is 47.6 Å². The number of nitrogens with one attached hydrogen (secondary N) is 1. The molecular weight excluding hydrogens is 336 g/mol. The molecule has 1 N–H and O–H groups in total. The zero-order valence-electron chi connectivity index (χ0n) is 13.2. The molecule has 0 bridgehead atoms. The molecule has 1 atom stereocenters. The Balaban J connectivity index is 1.93. The Morgan fingerprint density at radius 2 is 1.83 bits per heavy atom. The molecule has 7 heteroatoms. The number of methoxy groups -OCH3 is 1. The van der Waals surface area contributed by atoms with Crippen molar-refractivity contribution in [1.82, 2.24) is 0 Å². The van der Waals surface area contributed by atoms with E-state index in [0.717, 1.165) is 10.6 Å². The molecule has 2 aromatic rings. The standard InChI is InChI=1S/C17H17F2NO3S/c1-11(24-15-5-3-4-14(10-15)22-2)16(21)20-12-6-8-13(9-7-12)23-17(18)19/h3-11,17H,1-2H3,(H,20,21). The molecule has 0 aliphatic rings. The lowest BCUT2D eigenvalue weighted by molar-refractivity contribution is -0.115. The minimum Gasteiger partial charge on any atom is -0.497 e. The summed E-state index contributed by atoms with van der Waals surface area (Å²) in [6.07, 6.45) is 0. The van der Waals surface area contributed by atoms with Crippen molar-refractivity contribution >= 4 is 23.4 Å². The number of benzene rings is 2. The molecule has 0 fully saturated rings. The van der Waals surface area contributed by atoms with E-state index < -0.39 is 6.61 Å². The first kappa shape index (κ1) is 18.1. The van der Waals surface area contributed by atoms with Crippen LogP contribution < -0.4 is 14.8 Å². The summed E-state index contributed by atoms with van der Waals surface area (Å²) in [5.41, 5.74) is 0.514. The Hall–Kier alpha value is -2.28. The average molecular weight is 353 g/mol. The second kappa shape index (κ2) is 8.54. The highest BCUT2D eigenvalue weighted by Crippen LogP contribution is 2.27. The third-order valence-corrected chi connectivity index (χ3v) is 4.16. The Kier molecular flexibility index (Phi) is 6.43. The normalized spacial score (nSPS) is 11.9. The quantitative estimate of drug-likeness (QED) is 0.749. The second-order valence-electron chi connectivity index (χ2n) is 4.83. The lowest BCUT2D eigenvalue weighted by atomic mass is 10.3. The fourth-order valence-electron chi connectivity index (χ4n) is 1.90. The monoisotopic (exact) mass is 353 g/mol. The number of alkyl halides is 2. The first-order valence-electron chi connectivity index (χ1n) is 7.14. The number of ether oxygens (including phenoxy) is 2. The van der Waals surface area contributed by atoms with E-state index in [1.807, 2.05) is 24.3 Å². The number of hydrogen-bond acceptors (Lipinski definition) is 4. The largest absolute Gasteiger partial charge is 0.497 e. The van der Waals surface area contributed by atoms with Gasteiger partial charge in [0.25, 0.3) is 0 Å². The van der Waals surface area contributed by atoms with E-state index in [0.29, 0.717) is 5.69 Å². The van der Waals surface area contributed by atoms with Gasteiger partial charge in [0.1, 0.15) is 11.5 Å². The fourth-order valence-corrected chi connectivity index (χ4v) is 2.81. The zero-order valence-corrected chi connectivity index (χ0v) is 14.0. The van der Waals surface area contributed by atoms with Crippen molar-refractivity contribution < 1.29 is 23.0 Å². The second-order valence-corrected chi connectivity index (χ2v) is 6.25. The van der Waals surface area contributed by atoms with E-state index in [9.17, 15) is 13.6 Å². The SMILES string of the molecule is COc1cccc(SC(C)C(=O)Nc2ccc(OC(F)F)cc2)c1. The van der Waals surface area contributed by atoms with Gasteiger partial charge in [0.2, 0.25) is 5.91 Å². The van der Waals surface area contributed by atoms with Crippen LogP contribution in [0.2, 0.25) is 0 Å². The third-order valence-electron chi connectivity index (χ3n) is 3.07. The summed E-state index contributed by atoms with van der Waals surface area (Å²) >= 11 is 1.40. The first-order chi connectivity index (χ1) is 11.5. The zero-order chi connectivity index (χ0) is 17.5. The van der Waals surface area contributed by atoms with Gasteiger partial charge in [-0.2, -0.15) is 8.78 Å². The van der Waals surface area contributed by atoms with Crippen molar-refractivity contribution in [2.75, 3.05) is 12.4 Å². The van der Waals surface area contributed by atoms with Gasteiger partial charge in [-0.15, -0.1) is 11.8 Å². The van der Waals surface area contributed by atoms with Crippen LogP contribution in [0, 0.1) is 0 Å². The number of rotatable bonds is 7. The van der Waals surface area contributed by atoms with Crippen molar-refractivity contribution in [2.24, 2.45) is 0 Å². The van der Waals surface area contributed by atoms with Crippen molar-refractivity contribution in [3.8, 4) is 11.5 Å². The van der Waals surface area contributed by atoms with Crippen molar-refractivity contribution in [2.45, 2.75) is 23.7 Å². The van der Waals surface area contributed by atoms with Gasteiger partial charge in [-0.3, -0.25) is 4.79 Å². The fraction of sp³-hybridized carbons (Fsp3) is 0.235. The van der Waals surface area contributed by atoms with Crippen LogP contribution in [0.5, 0.6) is 11.5 Å². The summed E-state index contributed by atoms with van der Waals surface area (Å²) in [5.74, 6) is 0.578. The van der Waals surface area contributed by atoms with Crippen LogP contribution in [0.25, 0.3) is 0 Å². The maximum atomic E-state index is 12.2. The molecular formula is C17H17F2NO3S. The van der Waals surface area contributed by atoms with Crippen molar-refractivity contribution in [3.05, 3.63) is 48.5 Å². The first-order valence-corrected chi connectivity index (χ1v) is 8.02. The van der Waals surface area contributed by atoms with Gasteiger partial charge in [0.15, 0.2) is 0 Å². The number of halogens is 2. The predicted molar refractivity (Wildman–Crippen MR) is 90.0 cm³/mol. The van der Waals surface area contributed by atoms with E-state index in [4.69, 9.17) is 4.74 Å². The molecule has 0 aliphatic carbocycles. The van der Waals surface area contributed by atoms with Gasteiger partial charge in [0.05, 0.1) is 12.4 Å². The molecule has 0 heterocycles. The highest BCUT2D eigenvalue weighted by atomic mass is 32.2. The predicted octanol–water partition coefficient (Wildman–Crippen LogP) is 4.42. The van der Waals surface area contributed by atoms with Crippen LogP contribution >= 0.6 is 11.8 Å². The lowest BCUT2D eigenvalue weighted by Crippen LogP contribution is -2.22. The van der Waals surface area contributed by atoms with Gasteiger partial charge < -0.3 is 14.8 Å². The minimum absolute atomic E-state index is 0.0433. The summed E-state index contributed by atoms with van der Waals surface area (Å²) in [4.78, 5) is 13.1. The van der Waals surface area contributed by atoms with Crippen LogP contribution in [0.1, 0.15) is 6.92 Å². The van der Waals surface area contributed by atoms with Crippen LogP contribution in [0.4, 0.5) is 14.5 Å². The van der Waals surface area contributed by atoms with E-state index in [2.05, 4.69) is 10.1 Å². The van der Waals surface area contributed by atoms with Crippen LogP contribution in [0.3, 0.4) is 0 Å². The Morgan fingerprint density at radius 3 is 2.46 bits per heavy atom. The van der Waals surface area contributed by atoms with E-state index in [1.54, 1.807) is 14.0 Å². The number of hydrogen-bond donors (Lipinski definition) is 1. The summed E-state index contributed by atoms with van der Waals surface area (Å²) in [6.45, 7) is -1.09. The smallest absolute Gasteiger partial charge is 0.387 e. The molecule has 24 heavy (non-hydrogen) atoms. The van der Waals surface area contributed by atoms with Crippen LogP contribution in [-0.2, 0) is 4.79 Å². The highest BCUT2D eigenvalue weighted by molar-refractivity contribution is 8.00. The molecule has 0 aliphatic heterocycles. The molecule has 0 aromatic heterocycles. The highest BCUT2D eigenvalue weighted by Gasteiger charge is 2.15. The summed E-state index contributed by atoms with van der Waals surface area (Å²) in [6, 6.07) is 13.2. The van der Waals surface area contributed by atoms with E-state index in [1.165, 1.54) is 36.0 Å². The number of amides is 1. The molecule has 0 saturated heterocycles. The molecule has 0 radical (unpaired) electrons. The molecule has 128 valence electrons. The van der Waals surface area contributed by atoms with Gasteiger partial charge in [-0.1, -0.05) is 6.07 Å². The molecule has 0 spiro atoms.